The smallest absolute Gasteiger partial charge is 0.335 e. The summed E-state index contributed by atoms with van der Waals surface area (Å²) in [5, 5.41) is 8.96. The Balaban J connectivity index is 2.13. The minimum absolute atomic E-state index is 0.289. The summed E-state index contributed by atoms with van der Waals surface area (Å²) >= 11 is 0. The van der Waals surface area contributed by atoms with Crippen LogP contribution in [-0.4, -0.2) is 21.0 Å². The summed E-state index contributed by atoms with van der Waals surface area (Å²) in [6.45, 7) is 1.88. The van der Waals surface area contributed by atoms with Gasteiger partial charge in [0.25, 0.3) is 0 Å². The second-order valence-corrected chi connectivity index (χ2v) is 4.44. The normalized spacial score (nSPS) is 10.8. The summed E-state index contributed by atoms with van der Waals surface area (Å²) in [7, 11) is 0. The van der Waals surface area contributed by atoms with E-state index in [-0.39, 0.29) is 5.56 Å². The Morgan fingerprint density at radius 2 is 2.00 bits per heavy atom. The summed E-state index contributed by atoms with van der Waals surface area (Å²) in [6.07, 6.45) is 0. The van der Waals surface area contributed by atoms with E-state index in [9.17, 15) is 4.79 Å². The molecule has 0 radical (unpaired) electrons. The number of fused-ring (bicyclic) bond motifs is 1. The van der Waals surface area contributed by atoms with E-state index in [2.05, 4.69) is 9.97 Å². The summed E-state index contributed by atoms with van der Waals surface area (Å²) in [4.78, 5) is 18.7. The van der Waals surface area contributed by atoms with Crippen LogP contribution in [0.15, 0.2) is 42.5 Å². The number of carboxylic acids is 1. The first-order chi connectivity index (χ1) is 9.15. The van der Waals surface area contributed by atoms with Crippen molar-refractivity contribution in [1.29, 1.82) is 0 Å². The number of aryl methyl sites for hydroxylation is 1. The molecule has 0 bridgehead atoms. The molecule has 0 saturated heterocycles. The number of aromatic carboxylic acids is 1. The van der Waals surface area contributed by atoms with Gasteiger partial charge in [-0.05, 0) is 36.8 Å². The molecule has 4 heteroatoms. The van der Waals surface area contributed by atoms with Crippen LogP contribution >= 0.6 is 0 Å². The van der Waals surface area contributed by atoms with Crippen molar-refractivity contribution in [1.82, 2.24) is 9.97 Å². The Morgan fingerprint density at radius 3 is 2.68 bits per heavy atom. The van der Waals surface area contributed by atoms with Crippen molar-refractivity contribution in [2.24, 2.45) is 0 Å². The summed E-state index contributed by atoms with van der Waals surface area (Å²) < 4.78 is 0. The van der Waals surface area contributed by atoms with E-state index >= 15 is 0 Å². The molecule has 0 aliphatic rings. The topological polar surface area (TPSA) is 66.0 Å². The van der Waals surface area contributed by atoms with Gasteiger partial charge >= 0.3 is 5.97 Å². The van der Waals surface area contributed by atoms with Gasteiger partial charge in [-0.15, -0.1) is 0 Å². The van der Waals surface area contributed by atoms with Crippen LogP contribution in [0, 0.1) is 6.92 Å². The van der Waals surface area contributed by atoms with Crippen LogP contribution in [0.4, 0.5) is 0 Å². The molecule has 19 heavy (non-hydrogen) atoms. The number of carbonyl (C=O) groups is 1. The van der Waals surface area contributed by atoms with Crippen LogP contribution in [0.5, 0.6) is 0 Å². The molecule has 0 aliphatic carbocycles. The number of hydrogen-bond donors (Lipinski definition) is 2. The van der Waals surface area contributed by atoms with Crippen LogP contribution in [0.25, 0.3) is 22.4 Å². The Bertz CT molecular complexity index is 742. The average molecular weight is 252 g/mol. The molecule has 94 valence electrons. The number of para-hydroxylation sites is 2. The first-order valence-corrected chi connectivity index (χ1v) is 5.94. The third-order valence-corrected chi connectivity index (χ3v) is 3.12. The van der Waals surface area contributed by atoms with Crippen molar-refractivity contribution in [3.8, 4) is 11.4 Å². The van der Waals surface area contributed by atoms with Crippen LogP contribution in [0.3, 0.4) is 0 Å². The van der Waals surface area contributed by atoms with E-state index in [0.717, 1.165) is 28.0 Å². The van der Waals surface area contributed by atoms with Gasteiger partial charge in [0.1, 0.15) is 5.82 Å². The number of H-pyrrole nitrogens is 1. The number of carboxylic acid groups (broad SMARTS) is 1. The van der Waals surface area contributed by atoms with E-state index in [4.69, 9.17) is 5.11 Å². The molecule has 0 amide bonds. The van der Waals surface area contributed by atoms with Crippen molar-refractivity contribution < 1.29 is 9.90 Å². The zero-order valence-corrected chi connectivity index (χ0v) is 10.3. The Hall–Kier alpha value is -2.62. The summed E-state index contributed by atoms with van der Waals surface area (Å²) in [5.74, 6) is -0.158. The van der Waals surface area contributed by atoms with Gasteiger partial charge in [0.05, 0.1) is 16.6 Å². The highest BCUT2D eigenvalue weighted by atomic mass is 16.4. The third-order valence-electron chi connectivity index (χ3n) is 3.12. The Kier molecular flexibility index (Phi) is 2.56. The zero-order valence-electron chi connectivity index (χ0n) is 10.3. The zero-order chi connectivity index (χ0) is 13.4. The predicted molar refractivity (Wildman–Crippen MR) is 73.2 cm³/mol. The highest BCUT2D eigenvalue weighted by molar-refractivity contribution is 5.89. The molecular weight excluding hydrogens is 240 g/mol. The molecule has 1 aromatic heterocycles. The number of nitrogens with one attached hydrogen (secondary N) is 1. The maximum absolute atomic E-state index is 10.9. The van der Waals surface area contributed by atoms with Gasteiger partial charge in [0, 0.05) is 5.56 Å². The lowest BCUT2D eigenvalue weighted by Gasteiger charge is -2.03. The molecule has 0 fully saturated rings. The number of aromatic amines is 1. The molecule has 0 unspecified atom stereocenters. The highest BCUT2D eigenvalue weighted by Crippen LogP contribution is 2.24. The molecule has 3 rings (SSSR count). The van der Waals surface area contributed by atoms with Gasteiger partial charge in [0.15, 0.2) is 0 Å². The van der Waals surface area contributed by atoms with Gasteiger partial charge in [-0.1, -0.05) is 18.2 Å². The van der Waals surface area contributed by atoms with Crippen LogP contribution in [0.2, 0.25) is 0 Å². The van der Waals surface area contributed by atoms with Crippen LogP contribution < -0.4 is 0 Å². The van der Waals surface area contributed by atoms with Crippen molar-refractivity contribution in [2.75, 3.05) is 0 Å². The van der Waals surface area contributed by atoms with Crippen molar-refractivity contribution >= 4 is 17.0 Å². The molecular formula is C15H12N2O2. The second kappa shape index (κ2) is 4.24. The van der Waals surface area contributed by atoms with Crippen LogP contribution in [-0.2, 0) is 0 Å². The molecule has 2 aromatic carbocycles. The lowest BCUT2D eigenvalue weighted by molar-refractivity contribution is 0.0697. The Morgan fingerprint density at radius 1 is 1.21 bits per heavy atom. The first kappa shape index (κ1) is 11.5. The lowest BCUT2D eigenvalue weighted by Crippen LogP contribution is -1.97. The maximum atomic E-state index is 10.9. The van der Waals surface area contributed by atoms with Crippen LogP contribution in [0.1, 0.15) is 15.9 Å². The van der Waals surface area contributed by atoms with Crippen molar-refractivity contribution in [3.05, 3.63) is 53.6 Å². The fraction of sp³-hybridized carbons (Fsp3) is 0.0667. The molecule has 0 aliphatic heterocycles. The standard InChI is InChI=1S/C15H12N2O2/c1-9-8-10(15(18)19)6-7-11(9)14-16-12-4-2-3-5-13(12)17-14/h2-8H,1H3,(H,16,17)(H,18,19). The first-order valence-electron chi connectivity index (χ1n) is 5.94. The number of nitrogens with zero attached hydrogens (tertiary/aromatic N) is 1. The monoisotopic (exact) mass is 252 g/mol. The molecule has 4 nitrogen and oxygen atoms in total. The van der Waals surface area contributed by atoms with E-state index in [1.807, 2.05) is 31.2 Å². The number of imidazole rings is 1. The number of hydrogen-bond acceptors (Lipinski definition) is 2. The van der Waals surface area contributed by atoms with Gasteiger partial charge in [-0.25, -0.2) is 9.78 Å². The van der Waals surface area contributed by atoms with E-state index < -0.39 is 5.97 Å². The minimum atomic E-state index is -0.917. The Labute approximate surface area is 109 Å². The fourth-order valence-electron chi connectivity index (χ4n) is 2.14. The van der Waals surface area contributed by atoms with E-state index in [1.165, 1.54) is 0 Å². The second-order valence-electron chi connectivity index (χ2n) is 4.44. The van der Waals surface area contributed by atoms with Gasteiger partial charge in [-0.2, -0.15) is 0 Å². The number of aromatic nitrogens is 2. The quantitative estimate of drug-likeness (QED) is 0.735. The van der Waals surface area contributed by atoms with Gasteiger partial charge in [-0.3, -0.25) is 0 Å². The number of rotatable bonds is 2. The molecule has 1 heterocycles. The van der Waals surface area contributed by atoms with Gasteiger partial charge < -0.3 is 10.1 Å². The fourth-order valence-corrected chi connectivity index (χ4v) is 2.14. The highest BCUT2D eigenvalue weighted by Gasteiger charge is 2.10. The predicted octanol–water partition coefficient (Wildman–Crippen LogP) is 3.24. The summed E-state index contributed by atoms with van der Waals surface area (Å²) in [6, 6.07) is 12.8. The third kappa shape index (κ3) is 1.97. The molecule has 0 spiro atoms. The SMILES string of the molecule is Cc1cc(C(=O)O)ccc1-c1nc2ccccc2[nH]1. The minimum Gasteiger partial charge on any atom is -0.478 e. The molecule has 0 saturated carbocycles. The van der Waals surface area contributed by atoms with E-state index in [0.29, 0.717) is 0 Å². The van der Waals surface area contributed by atoms with E-state index in [1.54, 1.807) is 18.2 Å². The maximum Gasteiger partial charge on any atom is 0.335 e. The average Bonchev–Trinajstić information content (AvgIpc) is 2.81. The van der Waals surface area contributed by atoms with Crippen molar-refractivity contribution in [3.63, 3.8) is 0 Å². The number of benzene rings is 2. The van der Waals surface area contributed by atoms with Crippen molar-refractivity contribution in [2.45, 2.75) is 6.92 Å². The lowest BCUT2D eigenvalue weighted by atomic mass is 10.0. The molecule has 3 aromatic rings. The molecule has 0 atom stereocenters. The largest absolute Gasteiger partial charge is 0.478 e. The summed E-state index contributed by atoms with van der Waals surface area (Å²) in [5.41, 5.74) is 3.97. The molecule has 2 N–H and O–H groups in total. The van der Waals surface area contributed by atoms with Gasteiger partial charge in [0.2, 0.25) is 0 Å².